The van der Waals surface area contributed by atoms with Crippen molar-refractivity contribution in [3.05, 3.63) is 48.6 Å². The maximum Gasteiger partial charge on any atom is 0.157 e. The summed E-state index contributed by atoms with van der Waals surface area (Å²) in [6, 6.07) is 9.86. The summed E-state index contributed by atoms with van der Waals surface area (Å²) in [7, 11) is 0. The summed E-state index contributed by atoms with van der Waals surface area (Å²) in [4.78, 5) is 11.2. The van der Waals surface area contributed by atoms with Gasteiger partial charge in [0.05, 0.1) is 19.3 Å². The van der Waals surface area contributed by atoms with Crippen molar-refractivity contribution in [3.63, 3.8) is 0 Å². The van der Waals surface area contributed by atoms with Crippen molar-refractivity contribution in [1.29, 1.82) is 0 Å². The van der Waals surface area contributed by atoms with Crippen LogP contribution in [0.3, 0.4) is 0 Å². The second-order valence-electron chi connectivity index (χ2n) is 5.36. The van der Waals surface area contributed by atoms with Crippen molar-refractivity contribution < 1.29 is 14.6 Å². The van der Waals surface area contributed by atoms with Crippen molar-refractivity contribution >= 4 is 5.78 Å². The molecule has 0 amide bonds. The number of aliphatic hydroxyl groups excluding tert-OH is 1. The average molecular weight is 262 g/mol. The zero-order chi connectivity index (χ0) is 14.3. The smallest absolute Gasteiger partial charge is 0.157 e. The number of benzene rings is 1. The van der Waals surface area contributed by atoms with E-state index in [4.69, 9.17) is 4.74 Å². The van der Waals surface area contributed by atoms with Crippen LogP contribution in [0.2, 0.25) is 0 Å². The molecule has 1 rings (SSSR count). The van der Waals surface area contributed by atoms with Gasteiger partial charge >= 0.3 is 0 Å². The van der Waals surface area contributed by atoms with Crippen LogP contribution in [-0.4, -0.2) is 23.6 Å². The first kappa shape index (κ1) is 15.6. The topological polar surface area (TPSA) is 46.5 Å². The fourth-order valence-corrected chi connectivity index (χ4v) is 1.65. The lowest BCUT2D eigenvalue weighted by atomic mass is 9.85. The van der Waals surface area contributed by atoms with E-state index in [1.165, 1.54) is 6.08 Å². The Bertz CT molecular complexity index is 409. The molecule has 1 aromatic rings. The number of carbonyl (C=O) groups excluding carboxylic acids is 1. The largest absolute Gasteiger partial charge is 0.392 e. The molecule has 3 nitrogen and oxygen atoms in total. The summed E-state index contributed by atoms with van der Waals surface area (Å²) in [6.07, 6.45) is 0.601. The molecular formula is C16H22O3. The molecule has 0 bridgehead atoms. The summed E-state index contributed by atoms with van der Waals surface area (Å²) >= 11 is 0. The third-order valence-electron chi connectivity index (χ3n) is 3.11. The molecule has 1 N–H and O–H groups in total. The molecule has 0 aliphatic carbocycles. The van der Waals surface area contributed by atoms with E-state index in [-0.39, 0.29) is 12.2 Å². The first-order valence-electron chi connectivity index (χ1n) is 6.40. The van der Waals surface area contributed by atoms with E-state index >= 15 is 0 Å². The Hall–Kier alpha value is -1.45. The number of ketones is 1. The molecule has 0 heterocycles. The highest BCUT2D eigenvalue weighted by Gasteiger charge is 2.29. The van der Waals surface area contributed by atoms with Crippen LogP contribution in [0.15, 0.2) is 43.0 Å². The predicted molar refractivity (Wildman–Crippen MR) is 75.7 cm³/mol. The van der Waals surface area contributed by atoms with Crippen molar-refractivity contribution in [2.45, 2.75) is 33.0 Å². The second-order valence-corrected chi connectivity index (χ2v) is 5.36. The Morgan fingerprint density at radius 2 is 2.05 bits per heavy atom. The molecule has 0 spiro atoms. The predicted octanol–water partition coefficient (Wildman–Crippen LogP) is 2.74. The SMILES string of the molecule is C=CC(=O)C[C@@H](O)C(C)(C)COCc1ccccc1. The van der Waals surface area contributed by atoms with Crippen molar-refractivity contribution in [1.82, 2.24) is 0 Å². The van der Waals surface area contributed by atoms with Crippen LogP contribution in [0.25, 0.3) is 0 Å². The van der Waals surface area contributed by atoms with Crippen LogP contribution in [0.1, 0.15) is 25.8 Å². The third-order valence-corrected chi connectivity index (χ3v) is 3.11. The van der Waals surface area contributed by atoms with E-state index in [0.717, 1.165) is 5.56 Å². The molecule has 0 saturated carbocycles. The van der Waals surface area contributed by atoms with Crippen LogP contribution in [0.5, 0.6) is 0 Å². The van der Waals surface area contributed by atoms with Gasteiger partial charge in [0.2, 0.25) is 0 Å². The zero-order valence-electron chi connectivity index (χ0n) is 11.6. The van der Waals surface area contributed by atoms with Gasteiger partial charge in [-0.05, 0) is 11.6 Å². The minimum atomic E-state index is -0.728. The first-order chi connectivity index (χ1) is 8.95. The van der Waals surface area contributed by atoms with E-state index in [9.17, 15) is 9.90 Å². The molecule has 19 heavy (non-hydrogen) atoms. The van der Waals surface area contributed by atoms with Gasteiger partial charge in [-0.1, -0.05) is 50.8 Å². The molecule has 0 radical (unpaired) electrons. The molecule has 1 aromatic carbocycles. The molecule has 0 aromatic heterocycles. The van der Waals surface area contributed by atoms with Gasteiger partial charge in [-0.15, -0.1) is 0 Å². The highest BCUT2D eigenvalue weighted by molar-refractivity contribution is 5.89. The van der Waals surface area contributed by atoms with Gasteiger partial charge in [0.15, 0.2) is 5.78 Å². The Labute approximate surface area is 114 Å². The van der Waals surface area contributed by atoms with Gasteiger partial charge in [-0.25, -0.2) is 0 Å². The van der Waals surface area contributed by atoms with E-state index in [2.05, 4.69) is 6.58 Å². The van der Waals surface area contributed by atoms with Crippen LogP contribution < -0.4 is 0 Å². The Kier molecular flexibility index (Phi) is 5.93. The lowest BCUT2D eigenvalue weighted by Gasteiger charge is -2.29. The quantitative estimate of drug-likeness (QED) is 0.733. The highest BCUT2D eigenvalue weighted by atomic mass is 16.5. The van der Waals surface area contributed by atoms with Crippen LogP contribution >= 0.6 is 0 Å². The fourth-order valence-electron chi connectivity index (χ4n) is 1.65. The zero-order valence-corrected chi connectivity index (χ0v) is 11.6. The standard InChI is InChI=1S/C16H22O3/c1-4-14(17)10-15(18)16(2,3)12-19-11-13-8-6-5-7-9-13/h4-9,15,18H,1,10-12H2,2-3H3/t15-/m1/s1. The summed E-state index contributed by atoms with van der Waals surface area (Å²) in [5.74, 6) is -0.149. The van der Waals surface area contributed by atoms with E-state index in [1.54, 1.807) is 0 Å². The summed E-state index contributed by atoms with van der Waals surface area (Å²) in [6.45, 7) is 8.08. The fraction of sp³-hybridized carbons (Fsp3) is 0.438. The van der Waals surface area contributed by atoms with Crippen LogP contribution in [-0.2, 0) is 16.1 Å². The number of hydrogen-bond donors (Lipinski definition) is 1. The van der Waals surface area contributed by atoms with Gasteiger partial charge in [0, 0.05) is 11.8 Å². The monoisotopic (exact) mass is 262 g/mol. The van der Waals surface area contributed by atoms with E-state index < -0.39 is 11.5 Å². The number of rotatable bonds is 8. The Balaban J connectivity index is 2.41. The average Bonchev–Trinajstić information content (AvgIpc) is 2.39. The number of hydrogen-bond acceptors (Lipinski definition) is 3. The van der Waals surface area contributed by atoms with Crippen LogP contribution in [0, 0.1) is 5.41 Å². The van der Waals surface area contributed by atoms with E-state index in [1.807, 2.05) is 44.2 Å². The molecule has 0 saturated heterocycles. The van der Waals surface area contributed by atoms with Crippen molar-refractivity contribution in [2.75, 3.05) is 6.61 Å². The van der Waals surface area contributed by atoms with Gasteiger partial charge in [-0.2, -0.15) is 0 Å². The van der Waals surface area contributed by atoms with Crippen LogP contribution in [0.4, 0.5) is 0 Å². The summed E-state index contributed by atoms with van der Waals surface area (Å²) in [5.41, 5.74) is 0.628. The normalized spacial score (nSPS) is 13.0. The number of ether oxygens (including phenoxy) is 1. The third kappa shape index (κ3) is 5.37. The van der Waals surface area contributed by atoms with Gasteiger partial charge in [0.25, 0.3) is 0 Å². The molecule has 3 heteroatoms. The lowest BCUT2D eigenvalue weighted by molar-refractivity contribution is -0.119. The lowest BCUT2D eigenvalue weighted by Crippen LogP contribution is -2.35. The van der Waals surface area contributed by atoms with E-state index in [0.29, 0.717) is 13.2 Å². The molecule has 0 unspecified atom stereocenters. The van der Waals surface area contributed by atoms with Gasteiger partial charge in [0.1, 0.15) is 0 Å². The maximum atomic E-state index is 11.2. The second kappa shape index (κ2) is 7.22. The Morgan fingerprint density at radius 3 is 2.63 bits per heavy atom. The summed E-state index contributed by atoms with van der Waals surface area (Å²) in [5, 5.41) is 10.0. The maximum absolute atomic E-state index is 11.2. The number of allylic oxidation sites excluding steroid dienone is 1. The minimum Gasteiger partial charge on any atom is -0.392 e. The molecule has 1 atom stereocenters. The van der Waals surface area contributed by atoms with Crippen molar-refractivity contribution in [2.24, 2.45) is 5.41 Å². The molecule has 0 aliphatic rings. The first-order valence-corrected chi connectivity index (χ1v) is 6.40. The minimum absolute atomic E-state index is 0.0885. The summed E-state index contributed by atoms with van der Waals surface area (Å²) < 4.78 is 5.62. The molecule has 104 valence electrons. The number of aliphatic hydroxyl groups is 1. The van der Waals surface area contributed by atoms with Crippen molar-refractivity contribution in [3.8, 4) is 0 Å². The van der Waals surface area contributed by atoms with Gasteiger partial charge in [-0.3, -0.25) is 4.79 Å². The molecular weight excluding hydrogens is 240 g/mol. The van der Waals surface area contributed by atoms with Gasteiger partial charge < -0.3 is 9.84 Å². The highest BCUT2D eigenvalue weighted by Crippen LogP contribution is 2.24. The molecule has 0 fully saturated rings. The molecule has 0 aliphatic heterocycles. The Morgan fingerprint density at radius 1 is 1.42 bits per heavy atom. The number of carbonyl (C=O) groups is 1.